The smallest absolute Gasteiger partial charge is 0.124 e. The predicted molar refractivity (Wildman–Crippen MR) is 133 cm³/mol. The number of hydrogen-bond donors (Lipinski definition) is 2. The van der Waals surface area contributed by atoms with Crippen molar-refractivity contribution in [3.05, 3.63) is 58.7 Å². The zero-order valence-corrected chi connectivity index (χ0v) is 19.4. The third-order valence-corrected chi connectivity index (χ3v) is 5.81. The number of benzene rings is 2. The van der Waals surface area contributed by atoms with E-state index in [-0.39, 0.29) is 11.5 Å². The van der Waals surface area contributed by atoms with Crippen LogP contribution < -0.4 is 0 Å². The van der Waals surface area contributed by atoms with Gasteiger partial charge in [-0.3, -0.25) is 9.98 Å². The summed E-state index contributed by atoms with van der Waals surface area (Å²) in [7, 11) is 0. The van der Waals surface area contributed by atoms with E-state index in [0.29, 0.717) is 0 Å². The highest BCUT2D eigenvalue weighted by Gasteiger charge is 2.15. The summed E-state index contributed by atoms with van der Waals surface area (Å²) < 4.78 is 0. The number of rotatable bonds is 10. The molecular weight excluding hydrogens is 400 g/mol. The summed E-state index contributed by atoms with van der Waals surface area (Å²) in [5.41, 5.74) is 3.83. The second-order valence-electron chi connectivity index (χ2n) is 8.59. The third-order valence-electron chi connectivity index (χ3n) is 5.81. The van der Waals surface area contributed by atoms with Crippen molar-refractivity contribution in [1.82, 2.24) is 9.80 Å². The van der Waals surface area contributed by atoms with Gasteiger partial charge in [-0.15, -0.1) is 0 Å². The Morgan fingerprint density at radius 2 is 1.12 bits per heavy atom. The maximum atomic E-state index is 9.86. The second kappa shape index (κ2) is 12.4. The number of piperazine rings is 1. The van der Waals surface area contributed by atoms with E-state index in [1.807, 2.05) is 38.1 Å². The molecule has 6 nitrogen and oxygen atoms in total. The number of phenolic OH excluding ortho intramolecular Hbond substituents is 2. The van der Waals surface area contributed by atoms with Crippen molar-refractivity contribution in [3.63, 3.8) is 0 Å². The topological polar surface area (TPSA) is 71.7 Å². The van der Waals surface area contributed by atoms with Crippen molar-refractivity contribution < 1.29 is 10.2 Å². The van der Waals surface area contributed by atoms with E-state index in [1.54, 1.807) is 24.6 Å². The van der Waals surface area contributed by atoms with Crippen LogP contribution in [0.15, 0.2) is 46.4 Å². The van der Waals surface area contributed by atoms with Crippen LogP contribution in [0.5, 0.6) is 11.5 Å². The van der Waals surface area contributed by atoms with Crippen molar-refractivity contribution in [3.8, 4) is 11.5 Å². The number of phenols is 2. The van der Waals surface area contributed by atoms with Crippen LogP contribution in [0, 0.1) is 13.8 Å². The second-order valence-corrected chi connectivity index (χ2v) is 8.59. The summed E-state index contributed by atoms with van der Waals surface area (Å²) in [6, 6.07) is 11.1. The molecule has 1 aliphatic rings. The fourth-order valence-corrected chi connectivity index (χ4v) is 3.89. The first-order chi connectivity index (χ1) is 15.5. The highest BCUT2D eigenvalue weighted by atomic mass is 16.3. The molecule has 0 spiro atoms. The summed E-state index contributed by atoms with van der Waals surface area (Å²) >= 11 is 0. The Kier molecular flexibility index (Phi) is 9.26. The van der Waals surface area contributed by atoms with Gasteiger partial charge in [-0.1, -0.05) is 23.3 Å². The van der Waals surface area contributed by atoms with Gasteiger partial charge in [-0.05, 0) is 64.0 Å². The summed E-state index contributed by atoms with van der Waals surface area (Å²) in [5.74, 6) is 0.573. The summed E-state index contributed by atoms with van der Waals surface area (Å²) in [6.45, 7) is 12.1. The number of aromatic hydroxyl groups is 2. The SMILES string of the molecule is Cc1ccc(O)c(C=NCCCN2CCN(CCCN=Cc3cc(C)ccc3O)CC2)c1. The first-order valence-corrected chi connectivity index (χ1v) is 11.5. The van der Waals surface area contributed by atoms with Gasteiger partial charge in [-0.2, -0.15) is 0 Å². The summed E-state index contributed by atoms with van der Waals surface area (Å²) in [6.07, 6.45) is 5.62. The van der Waals surface area contributed by atoms with Gasteiger partial charge in [0.05, 0.1) is 0 Å². The highest BCUT2D eigenvalue weighted by Crippen LogP contribution is 2.16. The molecule has 172 valence electrons. The van der Waals surface area contributed by atoms with E-state index >= 15 is 0 Å². The summed E-state index contributed by atoms with van der Waals surface area (Å²) in [5, 5.41) is 19.7. The average Bonchev–Trinajstić information content (AvgIpc) is 2.79. The lowest BCUT2D eigenvalue weighted by Gasteiger charge is -2.34. The van der Waals surface area contributed by atoms with E-state index < -0.39 is 0 Å². The maximum absolute atomic E-state index is 9.86. The quantitative estimate of drug-likeness (QED) is 0.441. The lowest BCUT2D eigenvalue weighted by atomic mass is 10.1. The van der Waals surface area contributed by atoms with Crippen molar-refractivity contribution in [2.24, 2.45) is 9.98 Å². The Morgan fingerprint density at radius 3 is 1.53 bits per heavy atom. The van der Waals surface area contributed by atoms with Crippen LogP contribution in [0.3, 0.4) is 0 Å². The molecule has 0 radical (unpaired) electrons. The molecular formula is C26H36N4O2. The van der Waals surface area contributed by atoms with Gasteiger partial charge in [0.1, 0.15) is 11.5 Å². The van der Waals surface area contributed by atoms with Crippen LogP contribution in [0.4, 0.5) is 0 Å². The monoisotopic (exact) mass is 436 g/mol. The lowest BCUT2D eigenvalue weighted by Crippen LogP contribution is -2.46. The van der Waals surface area contributed by atoms with Crippen LogP contribution in [0.25, 0.3) is 0 Å². The average molecular weight is 437 g/mol. The van der Waals surface area contributed by atoms with Crippen molar-refractivity contribution in [2.45, 2.75) is 26.7 Å². The molecule has 2 N–H and O–H groups in total. The van der Waals surface area contributed by atoms with E-state index in [1.165, 1.54) is 0 Å². The molecule has 2 aromatic carbocycles. The third kappa shape index (κ3) is 7.77. The number of aliphatic imine (C=N–C) groups is 2. The molecule has 32 heavy (non-hydrogen) atoms. The Morgan fingerprint density at radius 1 is 0.719 bits per heavy atom. The van der Waals surface area contributed by atoms with Crippen LogP contribution in [-0.2, 0) is 0 Å². The largest absolute Gasteiger partial charge is 0.507 e. The van der Waals surface area contributed by atoms with Gasteiger partial charge in [-0.25, -0.2) is 0 Å². The van der Waals surface area contributed by atoms with Gasteiger partial charge >= 0.3 is 0 Å². The summed E-state index contributed by atoms with van der Waals surface area (Å²) in [4.78, 5) is 14.0. The Hall–Kier alpha value is -2.70. The van der Waals surface area contributed by atoms with Crippen LogP contribution in [-0.4, -0.2) is 84.8 Å². The molecule has 0 aliphatic carbocycles. The highest BCUT2D eigenvalue weighted by molar-refractivity contribution is 5.84. The molecule has 1 fully saturated rings. The van der Waals surface area contributed by atoms with Crippen molar-refractivity contribution in [2.75, 3.05) is 52.4 Å². The molecule has 3 rings (SSSR count). The molecule has 0 unspecified atom stereocenters. The molecule has 2 aromatic rings. The van der Waals surface area contributed by atoms with E-state index in [2.05, 4.69) is 19.8 Å². The minimum Gasteiger partial charge on any atom is -0.507 e. The fourth-order valence-electron chi connectivity index (χ4n) is 3.89. The van der Waals surface area contributed by atoms with E-state index in [0.717, 1.165) is 87.5 Å². The first-order valence-electron chi connectivity index (χ1n) is 11.5. The standard InChI is InChI=1S/C26H36N4O2/c1-21-5-7-25(31)23(17-21)19-27-9-3-11-29-13-15-30(16-14-29)12-4-10-28-20-24-18-22(2)6-8-26(24)32/h5-8,17-20,31-32H,3-4,9-16H2,1-2H3. The molecule has 6 heteroatoms. The molecule has 1 saturated heterocycles. The van der Waals surface area contributed by atoms with Gasteiger partial charge in [0, 0.05) is 62.8 Å². The van der Waals surface area contributed by atoms with Crippen LogP contribution >= 0.6 is 0 Å². The van der Waals surface area contributed by atoms with Crippen molar-refractivity contribution in [1.29, 1.82) is 0 Å². The van der Waals surface area contributed by atoms with Crippen LogP contribution in [0.1, 0.15) is 35.1 Å². The normalized spacial score (nSPS) is 15.8. The van der Waals surface area contributed by atoms with Gasteiger partial charge in [0.2, 0.25) is 0 Å². The molecule has 0 amide bonds. The predicted octanol–water partition coefficient (Wildman–Crippen LogP) is 3.65. The Balaban J connectivity index is 1.27. The van der Waals surface area contributed by atoms with E-state index in [9.17, 15) is 10.2 Å². The number of nitrogens with zero attached hydrogens (tertiary/aromatic N) is 4. The fraction of sp³-hybridized carbons (Fsp3) is 0.462. The molecule has 1 aliphatic heterocycles. The van der Waals surface area contributed by atoms with E-state index in [4.69, 9.17) is 0 Å². The zero-order chi connectivity index (χ0) is 22.8. The van der Waals surface area contributed by atoms with Crippen molar-refractivity contribution >= 4 is 12.4 Å². The Bertz CT molecular complexity index is 843. The molecule has 0 aromatic heterocycles. The maximum Gasteiger partial charge on any atom is 0.124 e. The minimum absolute atomic E-state index is 0.287. The molecule has 1 heterocycles. The minimum atomic E-state index is 0.287. The number of hydrogen-bond acceptors (Lipinski definition) is 6. The zero-order valence-electron chi connectivity index (χ0n) is 19.4. The van der Waals surface area contributed by atoms with Gasteiger partial charge in [0.15, 0.2) is 0 Å². The number of aryl methyl sites for hydroxylation is 2. The van der Waals surface area contributed by atoms with Gasteiger partial charge in [0.25, 0.3) is 0 Å². The molecule has 0 atom stereocenters. The Labute approximate surface area is 191 Å². The van der Waals surface area contributed by atoms with Crippen LogP contribution in [0.2, 0.25) is 0 Å². The molecule has 0 bridgehead atoms. The lowest BCUT2D eigenvalue weighted by molar-refractivity contribution is 0.131. The first kappa shape index (κ1) is 24.0. The van der Waals surface area contributed by atoms with Gasteiger partial charge < -0.3 is 20.0 Å². The molecule has 0 saturated carbocycles.